The smallest absolute Gasteiger partial charge is 0.526 e. The first-order valence-electron chi connectivity index (χ1n) is 11.5. The van der Waals surface area contributed by atoms with E-state index in [0.717, 1.165) is 28.3 Å². The lowest BCUT2D eigenvalue weighted by molar-refractivity contribution is 0.602. The lowest BCUT2D eigenvalue weighted by Crippen LogP contribution is -2.50. The maximum Gasteiger partial charge on any atom is 0.526 e. The Morgan fingerprint density at radius 2 is 1.41 bits per heavy atom. The summed E-state index contributed by atoms with van der Waals surface area (Å²) in [6, 6.07) is 34.3. The zero-order valence-corrected chi connectivity index (χ0v) is 18.2. The molecule has 34 heavy (non-hydrogen) atoms. The van der Waals surface area contributed by atoms with E-state index in [0.29, 0.717) is 0 Å². The molecule has 4 aromatic carbocycles. The number of rotatable bonds is 1. The average molecular weight is 435 g/mol. The molecular weight excluding hydrogens is 417 g/mol. The second kappa shape index (κ2) is 6.52. The normalized spacial score (nSPS) is 13.4. The molecule has 0 aliphatic carbocycles. The minimum Gasteiger partial charge on any atom is -0.536 e. The third kappa shape index (κ3) is 2.26. The molecule has 0 atom stereocenters. The highest BCUT2D eigenvalue weighted by atomic mass is 16.5. The number of aromatic nitrogens is 2. The molecule has 4 heterocycles. The fourth-order valence-corrected chi connectivity index (χ4v) is 5.65. The number of hydrogen-bond donors (Lipinski definition) is 0. The number of pyridine rings is 1. The van der Waals surface area contributed by atoms with Gasteiger partial charge in [-0.15, -0.1) is 0 Å². The van der Waals surface area contributed by atoms with Crippen molar-refractivity contribution in [1.29, 1.82) is 0 Å². The number of hydrogen-bond acceptors (Lipinski definition) is 3. The van der Waals surface area contributed by atoms with Gasteiger partial charge < -0.3 is 14.0 Å². The average Bonchev–Trinajstić information content (AvgIpc) is 3.45. The van der Waals surface area contributed by atoms with E-state index in [-0.39, 0.29) is 7.05 Å². The highest BCUT2D eigenvalue weighted by molar-refractivity contribution is 6.77. The molecule has 158 valence electrons. The topological polar surface area (TPSA) is 30.3 Å². The molecule has 6 aromatic rings. The highest BCUT2D eigenvalue weighted by Gasteiger charge is 2.45. The highest BCUT2D eigenvalue weighted by Crippen LogP contribution is 2.47. The van der Waals surface area contributed by atoms with Crippen molar-refractivity contribution in [1.82, 2.24) is 9.55 Å². The van der Waals surface area contributed by atoms with Crippen LogP contribution in [0.15, 0.2) is 109 Å². The summed E-state index contributed by atoms with van der Waals surface area (Å²) in [7, 11) is -0.220. The summed E-state index contributed by atoms with van der Waals surface area (Å²) < 4.78 is 8.96. The molecule has 2 aliphatic rings. The number of anilines is 2. The van der Waals surface area contributed by atoms with E-state index in [1.165, 1.54) is 32.9 Å². The predicted molar refractivity (Wildman–Crippen MR) is 139 cm³/mol. The van der Waals surface area contributed by atoms with E-state index < -0.39 is 0 Å². The van der Waals surface area contributed by atoms with Crippen LogP contribution in [0, 0.1) is 0 Å². The molecule has 8 rings (SSSR count). The Morgan fingerprint density at radius 1 is 0.676 bits per heavy atom. The van der Waals surface area contributed by atoms with Crippen LogP contribution in [0.3, 0.4) is 0 Å². The Balaban J connectivity index is 1.35. The first-order valence-corrected chi connectivity index (χ1v) is 11.5. The van der Waals surface area contributed by atoms with E-state index in [9.17, 15) is 0 Å². The largest absolute Gasteiger partial charge is 0.536 e. The molecule has 0 radical (unpaired) electrons. The van der Waals surface area contributed by atoms with Crippen molar-refractivity contribution in [3.8, 4) is 22.6 Å². The van der Waals surface area contributed by atoms with Gasteiger partial charge in [0, 0.05) is 51.6 Å². The lowest BCUT2D eigenvalue weighted by Gasteiger charge is -2.30. The van der Waals surface area contributed by atoms with Gasteiger partial charge in [-0.3, -0.25) is 4.98 Å². The van der Waals surface area contributed by atoms with Gasteiger partial charge >= 0.3 is 7.05 Å². The van der Waals surface area contributed by atoms with Gasteiger partial charge in [0.05, 0.1) is 16.7 Å². The standard InChI is InChI=1S/C29H18BN3O/c1-4-10-25-22(8-1)23-9-2-5-11-26(23)32(25)19-13-14-28-29(17-19)34-30-24-18-31-16-15-20(24)21-7-3-6-12-27(21)33(28)30/h1-18H. The molecule has 0 saturated carbocycles. The van der Waals surface area contributed by atoms with Gasteiger partial charge in [-0.1, -0.05) is 54.6 Å². The minimum atomic E-state index is -0.220. The number of nitrogens with zero attached hydrogens (tertiary/aromatic N) is 3. The van der Waals surface area contributed by atoms with Crippen LogP contribution >= 0.6 is 0 Å². The van der Waals surface area contributed by atoms with Gasteiger partial charge in [0.25, 0.3) is 0 Å². The molecule has 0 fully saturated rings. The van der Waals surface area contributed by atoms with E-state index in [2.05, 4.69) is 111 Å². The van der Waals surface area contributed by atoms with Gasteiger partial charge in [0.1, 0.15) is 5.75 Å². The van der Waals surface area contributed by atoms with Crippen molar-refractivity contribution in [2.75, 3.05) is 4.81 Å². The third-order valence-electron chi connectivity index (χ3n) is 7.09. The van der Waals surface area contributed by atoms with Gasteiger partial charge in [0.2, 0.25) is 0 Å². The van der Waals surface area contributed by atoms with Gasteiger partial charge in [-0.2, -0.15) is 0 Å². The SMILES string of the molecule is c1ccc2c(c1)-c1ccncc1B1Oc3cc(-n4c5ccccc5c5ccccc54)ccc3N12. The Morgan fingerprint density at radius 3 is 2.24 bits per heavy atom. The molecule has 5 heteroatoms. The molecular formula is C29H18BN3O. The summed E-state index contributed by atoms with van der Waals surface area (Å²) in [5, 5.41) is 2.51. The van der Waals surface area contributed by atoms with Crippen molar-refractivity contribution < 1.29 is 4.65 Å². The monoisotopic (exact) mass is 435 g/mol. The second-order valence-corrected chi connectivity index (χ2v) is 8.84. The van der Waals surface area contributed by atoms with Gasteiger partial charge in [-0.05, 0) is 42.0 Å². The summed E-state index contributed by atoms with van der Waals surface area (Å²) in [5.41, 5.74) is 9.21. The van der Waals surface area contributed by atoms with Crippen molar-refractivity contribution in [2.24, 2.45) is 0 Å². The molecule has 0 saturated heterocycles. The first kappa shape index (κ1) is 18.0. The number of para-hydroxylation sites is 3. The van der Waals surface area contributed by atoms with Crippen LogP contribution in [0.25, 0.3) is 38.6 Å². The van der Waals surface area contributed by atoms with Crippen LogP contribution in [-0.4, -0.2) is 16.6 Å². The van der Waals surface area contributed by atoms with E-state index in [1.807, 2.05) is 12.4 Å². The Kier molecular flexibility index (Phi) is 3.45. The fraction of sp³-hybridized carbons (Fsp3) is 0. The van der Waals surface area contributed by atoms with E-state index in [4.69, 9.17) is 4.65 Å². The first-order chi connectivity index (χ1) is 16.9. The van der Waals surface area contributed by atoms with Crippen LogP contribution in [0.4, 0.5) is 11.4 Å². The Hall–Kier alpha value is -4.51. The summed E-state index contributed by atoms with van der Waals surface area (Å²) in [5.74, 6) is 0.885. The van der Waals surface area contributed by atoms with Crippen LogP contribution in [-0.2, 0) is 0 Å². The van der Waals surface area contributed by atoms with Crippen molar-refractivity contribution >= 4 is 45.7 Å². The predicted octanol–water partition coefficient (Wildman–Crippen LogP) is 6.09. The van der Waals surface area contributed by atoms with Crippen LogP contribution in [0.1, 0.15) is 0 Å². The van der Waals surface area contributed by atoms with Crippen molar-refractivity contribution in [3.05, 3.63) is 109 Å². The molecule has 0 unspecified atom stereocenters. The third-order valence-corrected chi connectivity index (χ3v) is 7.09. The Bertz CT molecular complexity index is 1720. The summed E-state index contributed by atoms with van der Waals surface area (Å²) >= 11 is 0. The van der Waals surface area contributed by atoms with Gasteiger partial charge in [0.15, 0.2) is 0 Å². The fourth-order valence-electron chi connectivity index (χ4n) is 5.65. The molecule has 0 bridgehead atoms. The molecule has 2 aromatic heterocycles. The van der Waals surface area contributed by atoms with Crippen LogP contribution in [0.5, 0.6) is 5.75 Å². The number of benzene rings is 4. The zero-order valence-electron chi connectivity index (χ0n) is 18.2. The van der Waals surface area contributed by atoms with Crippen molar-refractivity contribution in [2.45, 2.75) is 0 Å². The Labute approximate surface area is 196 Å². The zero-order chi connectivity index (χ0) is 22.2. The molecule has 0 amide bonds. The molecule has 0 N–H and O–H groups in total. The summed E-state index contributed by atoms with van der Waals surface area (Å²) in [4.78, 5) is 6.71. The molecule has 2 aliphatic heterocycles. The second-order valence-electron chi connectivity index (χ2n) is 8.84. The van der Waals surface area contributed by atoms with Crippen molar-refractivity contribution in [3.63, 3.8) is 0 Å². The maximum atomic E-state index is 6.63. The van der Waals surface area contributed by atoms with E-state index >= 15 is 0 Å². The summed E-state index contributed by atoms with van der Waals surface area (Å²) in [6.45, 7) is 0. The van der Waals surface area contributed by atoms with E-state index in [1.54, 1.807) is 0 Å². The quantitative estimate of drug-likeness (QED) is 0.293. The molecule has 4 nitrogen and oxygen atoms in total. The van der Waals surface area contributed by atoms with Gasteiger partial charge in [-0.25, -0.2) is 0 Å². The van der Waals surface area contributed by atoms with Crippen LogP contribution < -0.4 is 14.9 Å². The minimum absolute atomic E-state index is 0.220. The van der Waals surface area contributed by atoms with Crippen LogP contribution in [0.2, 0.25) is 0 Å². The number of fused-ring (bicyclic) bond motifs is 11. The summed E-state index contributed by atoms with van der Waals surface area (Å²) in [6.07, 6.45) is 3.79. The molecule has 0 spiro atoms. The lowest BCUT2D eigenvalue weighted by atomic mass is 9.65. The maximum absolute atomic E-state index is 6.63.